The van der Waals surface area contributed by atoms with E-state index in [1.54, 1.807) is 0 Å². The summed E-state index contributed by atoms with van der Waals surface area (Å²) >= 11 is 0. The predicted molar refractivity (Wildman–Crippen MR) is 108 cm³/mol. The van der Waals surface area contributed by atoms with Crippen LogP contribution in [0.2, 0.25) is 0 Å². The number of ether oxygens (including phenoxy) is 1. The van der Waals surface area contributed by atoms with Crippen LogP contribution in [0.3, 0.4) is 0 Å². The Bertz CT molecular complexity index is 465. The summed E-state index contributed by atoms with van der Waals surface area (Å²) in [6.07, 6.45) is 18.3. The molecule has 0 aromatic carbocycles. The van der Waals surface area contributed by atoms with Gasteiger partial charge in [0.15, 0.2) is 0 Å². The minimum Gasteiger partial charge on any atom is -0.459 e. The van der Waals surface area contributed by atoms with Crippen LogP contribution in [0.4, 0.5) is 0 Å². The van der Waals surface area contributed by atoms with E-state index in [9.17, 15) is 4.79 Å². The normalized spacial score (nSPS) is 36.3. The maximum atomic E-state index is 11.7. The van der Waals surface area contributed by atoms with Crippen molar-refractivity contribution in [2.24, 2.45) is 35.5 Å². The highest BCUT2D eigenvalue weighted by Crippen LogP contribution is 2.55. The lowest BCUT2D eigenvalue weighted by molar-refractivity contribution is -0.146. The van der Waals surface area contributed by atoms with Crippen LogP contribution in [0.1, 0.15) is 90.9 Å². The maximum absolute atomic E-state index is 11.7. The monoisotopic (exact) mass is 360 g/mol. The minimum atomic E-state index is -0.248. The summed E-state index contributed by atoms with van der Waals surface area (Å²) < 4.78 is 5.69. The Morgan fingerprint density at radius 3 is 2.50 bits per heavy atom. The Kier molecular flexibility index (Phi) is 7.23. The molecule has 0 heterocycles. The summed E-state index contributed by atoms with van der Waals surface area (Å²) in [7, 11) is 0. The molecule has 0 spiro atoms. The highest BCUT2D eigenvalue weighted by atomic mass is 16.5. The first-order valence-corrected chi connectivity index (χ1v) is 11.5. The second-order valence-corrected chi connectivity index (χ2v) is 9.45. The SMILES string of the molecule is C=CC(=O)OC(C)C1CCC2C(CC3CCCCC3)CCC(CCC)C21. The molecule has 2 nitrogen and oxygen atoms in total. The molecule has 0 radical (unpaired) electrons. The number of esters is 1. The molecule has 2 heteroatoms. The van der Waals surface area contributed by atoms with Crippen molar-refractivity contribution in [3.8, 4) is 0 Å². The van der Waals surface area contributed by atoms with Crippen molar-refractivity contribution in [3.05, 3.63) is 12.7 Å². The molecule has 0 saturated heterocycles. The largest absolute Gasteiger partial charge is 0.459 e. The van der Waals surface area contributed by atoms with E-state index in [1.807, 2.05) is 0 Å². The van der Waals surface area contributed by atoms with Gasteiger partial charge >= 0.3 is 5.97 Å². The number of fused-ring (bicyclic) bond motifs is 1. The summed E-state index contributed by atoms with van der Waals surface area (Å²) in [5, 5.41) is 0. The molecule has 0 N–H and O–H groups in total. The summed E-state index contributed by atoms with van der Waals surface area (Å²) in [6.45, 7) is 8.02. The van der Waals surface area contributed by atoms with E-state index < -0.39 is 0 Å². The van der Waals surface area contributed by atoms with Crippen molar-refractivity contribution in [2.45, 2.75) is 97.0 Å². The molecule has 3 rings (SSSR count). The van der Waals surface area contributed by atoms with Gasteiger partial charge in [0.1, 0.15) is 6.10 Å². The lowest BCUT2D eigenvalue weighted by Crippen LogP contribution is -2.39. The molecule has 3 fully saturated rings. The van der Waals surface area contributed by atoms with Crippen molar-refractivity contribution in [1.29, 1.82) is 0 Å². The van der Waals surface area contributed by atoms with Crippen LogP contribution in [0, 0.1) is 35.5 Å². The maximum Gasteiger partial charge on any atom is 0.330 e. The first-order chi connectivity index (χ1) is 12.6. The van der Waals surface area contributed by atoms with E-state index in [2.05, 4.69) is 20.4 Å². The van der Waals surface area contributed by atoms with Crippen molar-refractivity contribution < 1.29 is 9.53 Å². The summed E-state index contributed by atoms with van der Waals surface area (Å²) in [6, 6.07) is 0. The zero-order chi connectivity index (χ0) is 18.5. The van der Waals surface area contributed by atoms with Gasteiger partial charge in [0.05, 0.1) is 0 Å². The molecule has 0 amide bonds. The fourth-order valence-corrected chi connectivity index (χ4v) is 6.89. The molecule has 0 aliphatic heterocycles. The molecule has 0 bridgehead atoms. The predicted octanol–water partition coefficient (Wildman–Crippen LogP) is 6.54. The van der Waals surface area contributed by atoms with Crippen molar-refractivity contribution in [3.63, 3.8) is 0 Å². The van der Waals surface area contributed by atoms with E-state index in [1.165, 1.54) is 83.1 Å². The zero-order valence-electron chi connectivity index (χ0n) is 17.1. The molecule has 148 valence electrons. The third-order valence-corrected chi connectivity index (χ3v) is 7.97. The van der Waals surface area contributed by atoms with Crippen LogP contribution >= 0.6 is 0 Å². The van der Waals surface area contributed by atoms with Crippen molar-refractivity contribution >= 4 is 5.97 Å². The molecule has 3 aliphatic rings. The first-order valence-electron chi connectivity index (χ1n) is 11.5. The van der Waals surface area contributed by atoms with E-state index in [-0.39, 0.29) is 12.1 Å². The van der Waals surface area contributed by atoms with Crippen LogP contribution in [-0.2, 0) is 9.53 Å². The minimum absolute atomic E-state index is 0.0447. The van der Waals surface area contributed by atoms with Gasteiger partial charge in [-0.2, -0.15) is 0 Å². The Morgan fingerprint density at radius 2 is 1.81 bits per heavy atom. The molecule has 3 aliphatic carbocycles. The van der Waals surface area contributed by atoms with Crippen LogP contribution in [0.25, 0.3) is 0 Å². The van der Waals surface area contributed by atoms with Crippen molar-refractivity contribution in [1.82, 2.24) is 0 Å². The van der Waals surface area contributed by atoms with Gasteiger partial charge in [0.25, 0.3) is 0 Å². The van der Waals surface area contributed by atoms with Crippen LogP contribution in [-0.4, -0.2) is 12.1 Å². The molecule has 26 heavy (non-hydrogen) atoms. The standard InChI is InChI=1S/C24H40O2/c1-4-9-19-12-13-20(16-18-10-7-6-8-11-18)22-15-14-21(24(19)22)17(3)26-23(25)5-2/h5,17-22,24H,2,4,6-16H2,1,3H3. The molecular weight excluding hydrogens is 320 g/mol. The molecular formula is C24H40O2. The summed E-state index contributed by atoms with van der Waals surface area (Å²) in [5.74, 6) is 4.76. The summed E-state index contributed by atoms with van der Waals surface area (Å²) in [4.78, 5) is 11.7. The van der Waals surface area contributed by atoms with Gasteiger partial charge in [-0.25, -0.2) is 4.79 Å². The van der Waals surface area contributed by atoms with Crippen LogP contribution < -0.4 is 0 Å². The van der Waals surface area contributed by atoms with Gasteiger partial charge in [-0.15, -0.1) is 0 Å². The van der Waals surface area contributed by atoms with Gasteiger partial charge < -0.3 is 4.74 Å². The van der Waals surface area contributed by atoms with Gasteiger partial charge in [-0.05, 0) is 74.5 Å². The first kappa shape index (κ1) is 20.0. The number of carbonyl (C=O) groups excluding carboxylic acids is 1. The Morgan fingerprint density at radius 1 is 1.08 bits per heavy atom. The Labute approximate surface area is 161 Å². The highest BCUT2D eigenvalue weighted by Gasteiger charge is 2.49. The van der Waals surface area contributed by atoms with E-state index in [0.717, 1.165) is 29.6 Å². The van der Waals surface area contributed by atoms with Gasteiger partial charge in [-0.3, -0.25) is 0 Å². The number of carbonyl (C=O) groups is 1. The highest BCUT2D eigenvalue weighted by molar-refractivity contribution is 5.81. The third kappa shape index (κ3) is 4.54. The molecule has 6 unspecified atom stereocenters. The lowest BCUT2D eigenvalue weighted by Gasteiger charge is -2.44. The Balaban J connectivity index is 1.68. The topological polar surface area (TPSA) is 26.3 Å². The fraction of sp³-hybridized carbons (Fsp3) is 0.875. The average molecular weight is 361 g/mol. The van der Waals surface area contributed by atoms with Gasteiger partial charge in [0.2, 0.25) is 0 Å². The Hall–Kier alpha value is -0.790. The molecule has 6 atom stereocenters. The smallest absolute Gasteiger partial charge is 0.330 e. The van der Waals surface area contributed by atoms with E-state index in [0.29, 0.717) is 5.92 Å². The number of hydrogen-bond acceptors (Lipinski definition) is 2. The number of hydrogen-bond donors (Lipinski definition) is 0. The van der Waals surface area contributed by atoms with Gasteiger partial charge in [-0.1, -0.05) is 58.4 Å². The number of rotatable bonds is 7. The van der Waals surface area contributed by atoms with Crippen LogP contribution in [0.5, 0.6) is 0 Å². The van der Waals surface area contributed by atoms with E-state index in [4.69, 9.17) is 4.74 Å². The third-order valence-electron chi connectivity index (χ3n) is 7.97. The second kappa shape index (κ2) is 9.42. The molecule has 0 aromatic heterocycles. The average Bonchev–Trinajstić information content (AvgIpc) is 3.10. The fourth-order valence-electron chi connectivity index (χ4n) is 6.89. The molecule has 3 saturated carbocycles. The second-order valence-electron chi connectivity index (χ2n) is 9.45. The van der Waals surface area contributed by atoms with Crippen LogP contribution in [0.15, 0.2) is 12.7 Å². The van der Waals surface area contributed by atoms with Crippen molar-refractivity contribution in [2.75, 3.05) is 0 Å². The lowest BCUT2D eigenvalue weighted by atomic mass is 9.62. The quantitative estimate of drug-likeness (QED) is 0.380. The van der Waals surface area contributed by atoms with E-state index >= 15 is 0 Å². The van der Waals surface area contributed by atoms with Gasteiger partial charge in [0, 0.05) is 6.08 Å². The zero-order valence-corrected chi connectivity index (χ0v) is 17.1. The summed E-state index contributed by atoms with van der Waals surface area (Å²) in [5.41, 5.74) is 0. The molecule has 0 aromatic rings.